The first-order chi connectivity index (χ1) is 15.8. The first-order valence-electron chi connectivity index (χ1n) is 11.8. The molecular formula is C26H33N3O3S. The van der Waals surface area contributed by atoms with E-state index in [1.54, 1.807) is 4.90 Å². The molecule has 1 aliphatic heterocycles. The van der Waals surface area contributed by atoms with Gasteiger partial charge in [0.25, 0.3) is 0 Å². The van der Waals surface area contributed by atoms with Gasteiger partial charge in [-0.2, -0.15) is 11.3 Å². The summed E-state index contributed by atoms with van der Waals surface area (Å²) in [6.07, 6.45) is 2.00. The fraction of sp³-hybridized carbons (Fsp3) is 0.500. The Morgan fingerprint density at radius 2 is 1.79 bits per heavy atom. The van der Waals surface area contributed by atoms with Gasteiger partial charge in [-0.15, -0.1) is 0 Å². The van der Waals surface area contributed by atoms with Crippen LogP contribution in [0.25, 0.3) is 0 Å². The number of carbonyl (C=O) groups excluding carboxylic acids is 3. The van der Waals surface area contributed by atoms with Crippen LogP contribution in [0.3, 0.4) is 0 Å². The van der Waals surface area contributed by atoms with E-state index in [-0.39, 0.29) is 35.6 Å². The van der Waals surface area contributed by atoms with Crippen LogP contribution in [-0.4, -0.2) is 40.7 Å². The molecule has 7 heteroatoms. The number of hydrogen-bond donors (Lipinski definition) is 2. The van der Waals surface area contributed by atoms with E-state index in [4.69, 9.17) is 0 Å². The highest BCUT2D eigenvalue weighted by molar-refractivity contribution is 7.08. The quantitative estimate of drug-likeness (QED) is 0.655. The van der Waals surface area contributed by atoms with Gasteiger partial charge in [0, 0.05) is 6.04 Å². The van der Waals surface area contributed by atoms with Crippen LogP contribution in [0, 0.1) is 11.8 Å². The van der Waals surface area contributed by atoms with Crippen LogP contribution < -0.4 is 10.6 Å². The lowest BCUT2D eigenvalue weighted by Gasteiger charge is -2.44. The molecule has 33 heavy (non-hydrogen) atoms. The largest absolute Gasteiger partial charge is 0.352 e. The standard InChI is InChI=1S/C26H33N3O3S/c1-15(2)11-21-24(30)28-22(20-12-17-7-5-6-8-18(17)13-20)26(32)29(21)23(19-9-10-33-14-19)25(31)27-16(3)4/h5-10,14-16,20-23H,11-13H2,1-4H3,(H,27,31)(H,28,30)/t21-,22?,23-/m1/s1. The Morgan fingerprint density at radius 3 is 2.33 bits per heavy atom. The van der Waals surface area contributed by atoms with E-state index in [9.17, 15) is 14.4 Å². The predicted octanol–water partition coefficient (Wildman–Crippen LogP) is 3.47. The molecule has 1 unspecified atom stereocenters. The molecule has 1 aromatic heterocycles. The Bertz CT molecular complexity index is 993. The van der Waals surface area contributed by atoms with Gasteiger partial charge in [-0.1, -0.05) is 38.1 Å². The maximum atomic E-state index is 14.1. The Hall–Kier alpha value is -2.67. The van der Waals surface area contributed by atoms with E-state index in [0.717, 1.165) is 18.4 Å². The van der Waals surface area contributed by atoms with Crippen molar-refractivity contribution in [2.24, 2.45) is 11.8 Å². The minimum atomic E-state index is -0.827. The van der Waals surface area contributed by atoms with Gasteiger partial charge in [0.1, 0.15) is 18.1 Å². The monoisotopic (exact) mass is 467 g/mol. The van der Waals surface area contributed by atoms with Crippen molar-refractivity contribution in [3.63, 3.8) is 0 Å². The van der Waals surface area contributed by atoms with Crippen molar-refractivity contribution in [2.75, 3.05) is 0 Å². The van der Waals surface area contributed by atoms with E-state index in [1.165, 1.54) is 22.5 Å². The van der Waals surface area contributed by atoms with Gasteiger partial charge in [0.2, 0.25) is 17.7 Å². The number of piperazine rings is 1. The lowest BCUT2D eigenvalue weighted by atomic mass is 9.88. The molecule has 0 spiro atoms. The van der Waals surface area contributed by atoms with Crippen molar-refractivity contribution < 1.29 is 14.4 Å². The fourth-order valence-electron chi connectivity index (χ4n) is 5.11. The molecular weight excluding hydrogens is 434 g/mol. The molecule has 1 saturated heterocycles. The summed E-state index contributed by atoms with van der Waals surface area (Å²) in [5.74, 6) is -0.388. The summed E-state index contributed by atoms with van der Waals surface area (Å²) in [7, 11) is 0. The van der Waals surface area contributed by atoms with Crippen LogP contribution >= 0.6 is 11.3 Å². The van der Waals surface area contributed by atoms with E-state index < -0.39 is 18.1 Å². The fourth-order valence-corrected chi connectivity index (χ4v) is 5.79. The number of fused-ring (bicyclic) bond motifs is 1. The van der Waals surface area contributed by atoms with Crippen molar-refractivity contribution in [1.82, 2.24) is 15.5 Å². The van der Waals surface area contributed by atoms with Crippen molar-refractivity contribution in [1.29, 1.82) is 0 Å². The number of amides is 3. The SMILES string of the molecule is CC(C)C[C@@H]1C(=O)NC(C2Cc3ccccc3C2)C(=O)N1[C@@H](C(=O)NC(C)C)c1ccsc1. The second-order valence-electron chi connectivity index (χ2n) is 9.94. The van der Waals surface area contributed by atoms with Crippen molar-refractivity contribution in [3.8, 4) is 0 Å². The molecule has 1 aromatic carbocycles. The van der Waals surface area contributed by atoms with Gasteiger partial charge in [-0.3, -0.25) is 14.4 Å². The highest BCUT2D eigenvalue weighted by Crippen LogP contribution is 2.35. The second-order valence-corrected chi connectivity index (χ2v) is 10.7. The molecule has 6 nitrogen and oxygen atoms in total. The van der Waals surface area contributed by atoms with Gasteiger partial charge in [0.05, 0.1) is 0 Å². The number of hydrogen-bond acceptors (Lipinski definition) is 4. The van der Waals surface area contributed by atoms with E-state index in [2.05, 4.69) is 22.8 Å². The maximum Gasteiger partial charge on any atom is 0.247 e. The molecule has 3 amide bonds. The zero-order chi connectivity index (χ0) is 23.7. The number of rotatable bonds is 7. The molecule has 2 aliphatic rings. The topological polar surface area (TPSA) is 78.5 Å². The molecule has 1 aliphatic carbocycles. The van der Waals surface area contributed by atoms with Gasteiger partial charge in [-0.25, -0.2) is 0 Å². The molecule has 2 heterocycles. The second kappa shape index (κ2) is 9.67. The molecule has 2 N–H and O–H groups in total. The Kier molecular flexibility index (Phi) is 6.88. The molecule has 0 radical (unpaired) electrons. The zero-order valence-electron chi connectivity index (χ0n) is 19.7. The smallest absolute Gasteiger partial charge is 0.247 e. The third-order valence-electron chi connectivity index (χ3n) is 6.52. The number of benzene rings is 1. The Labute approximate surface area is 199 Å². The third-order valence-corrected chi connectivity index (χ3v) is 7.22. The number of nitrogens with one attached hydrogen (secondary N) is 2. The van der Waals surface area contributed by atoms with Crippen molar-refractivity contribution in [2.45, 2.75) is 71.1 Å². The van der Waals surface area contributed by atoms with Gasteiger partial charge in [0.15, 0.2) is 0 Å². The van der Waals surface area contributed by atoms with Crippen LogP contribution in [0.2, 0.25) is 0 Å². The molecule has 3 atom stereocenters. The predicted molar refractivity (Wildman–Crippen MR) is 130 cm³/mol. The summed E-state index contributed by atoms with van der Waals surface area (Å²) in [4.78, 5) is 42.5. The summed E-state index contributed by atoms with van der Waals surface area (Å²) >= 11 is 1.48. The minimum absolute atomic E-state index is 0.0161. The highest BCUT2D eigenvalue weighted by Gasteiger charge is 2.49. The van der Waals surface area contributed by atoms with Crippen molar-refractivity contribution in [3.05, 3.63) is 57.8 Å². The van der Waals surface area contributed by atoms with E-state index in [0.29, 0.717) is 6.42 Å². The summed E-state index contributed by atoms with van der Waals surface area (Å²) in [6, 6.07) is 7.86. The van der Waals surface area contributed by atoms with Crippen LogP contribution in [0.4, 0.5) is 0 Å². The Morgan fingerprint density at radius 1 is 1.12 bits per heavy atom. The van der Waals surface area contributed by atoms with E-state index >= 15 is 0 Å². The first kappa shape index (κ1) is 23.5. The summed E-state index contributed by atoms with van der Waals surface area (Å²) in [6.45, 7) is 7.86. The summed E-state index contributed by atoms with van der Waals surface area (Å²) in [5, 5.41) is 9.83. The summed E-state index contributed by atoms with van der Waals surface area (Å²) in [5.41, 5.74) is 3.21. The average molecular weight is 468 g/mol. The van der Waals surface area contributed by atoms with Crippen LogP contribution in [0.1, 0.15) is 56.8 Å². The van der Waals surface area contributed by atoms with E-state index in [1.807, 2.05) is 56.7 Å². The van der Waals surface area contributed by atoms with Crippen LogP contribution in [0.15, 0.2) is 41.1 Å². The lowest BCUT2D eigenvalue weighted by molar-refractivity contribution is -0.158. The molecule has 0 saturated carbocycles. The highest BCUT2D eigenvalue weighted by atomic mass is 32.1. The normalized spacial score (nSPS) is 21.9. The van der Waals surface area contributed by atoms with Crippen molar-refractivity contribution >= 4 is 29.1 Å². The molecule has 176 valence electrons. The molecule has 1 fully saturated rings. The third kappa shape index (κ3) is 4.83. The Balaban J connectivity index is 1.71. The molecule has 0 bridgehead atoms. The van der Waals surface area contributed by atoms with Crippen LogP contribution in [-0.2, 0) is 27.2 Å². The number of nitrogens with zero attached hydrogens (tertiary/aromatic N) is 1. The first-order valence-corrected chi connectivity index (χ1v) is 12.7. The summed E-state index contributed by atoms with van der Waals surface area (Å²) < 4.78 is 0. The van der Waals surface area contributed by atoms with Crippen LogP contribution in [0.5, 0.6) is 0 Å². The molecule has 4 rings (SSSR count). The van der Waals surface area contributed by atoms with Gasteiger partial charge in [-0.05, 0) is 78.5 Å². The van der Waals surface area contributed by atoms with Gasteiger partial charge < -0.3 is 15.5 Å². The maximum absolute atomic E-state index is 14.1. The lowest BCUT2D eigenvalue weighted by Crippen LogP contribution is -2.67. The average Bonchev–Trinajstić information content (AvgIpc) is 3.41. The zero-order valence-corrected chi connectivity index (χ0v) is 20.5. The number of carbonyl (C=O) groups is 3. The molecule has 2 aromatic rings. The minimum Gasteiger partial charge on any atom is -0.352 e. The van der Waals surface area contributed by atoms with Gasteiger partial charge >= 0.3 is 0 Å². The number of thiophene rings is 1.